The smallest absolute Gasteiger partial charge is 0.150 e. The van der Waals surface area contributed by atoms with E-state index in [1.165, 1.54) is 12.1 Å². The normalized spacial score (nSPS) is 13.6. The summed E-state index contributed by atoms with van der Waals surface area (Å²) in [5.41, 5.74) is 1.11. The summed E-state index contributed by atoms with van der Waals surface area (Å²) in [5.74, 6) is -0.0982. The number of aryl methyl sites for hydroxylation is 1. The molecule has 0 bridgehead atoms. The summed E-state index contributed by atoms with van der Waals surface area (Å²) in [6, 6.07) is 4.44. The average molecular weight is 274 g/mol. The fourth-order valence-corrected chi connectivity index (χ4v) is 2.58. The Kier molecular flexibility index (Phi) is 5.28. The number of aliphatic hydroxyl groups excluding tert-OH is 1. The van der Waals surface area contributed by atoms with E-state index in [1.54, 1.807) is 19.9 Å². The monoisotopic (exact) mass is 274 g/mol. The third-order valence-corrected chi connectivity index (χ3v) is 4.73. The first-order valence-electron chi connectivity index (χ1n) is 6.00. The van der Waals surface area contributed by atoms with E-state index in [9.17, 15) is 17.9 Å². The van der Waals surface area contributed by atoms with Crippen LogP contribution in [-0.4, -0.2) is 25.0 Å². The highest BCUT2D eigenvalue weighted by Crippen LogP contribution is 2.21. The van der Waals surface area contributed by atoms with Crippen LogP contribution in [0.25, 0.3) is 0 Å². The molecule has 0 spiro atoms. The molecular weight excluding hydrogens is 255 g/mol. The maximum atomic E-state index is 13.1. The Bertz CT molecular complexity index is 497. The van der Waals surface area contributed by atoms with Crippen molar-refractivity contribution in [3.63, 3.8) is 0 Å². The molecule has 1 aromatic rings. The molecule has 1 rings (SSSR count). The summed E-state index contributed by atoms with van der Waals surface area (Å²) >= 11 is 0. The third-order valence-electron chi connectivity index (χ3n) is 2.94. The van der Waals surface area contributed by atoms with Gasteiger partial charge in [-0.2, -0.15) is 0 Å². The van der Waals surface area contributed by atoms with Crippen molar-refractivity contribution in [1.29, 1.82) is 0 Å². The minimum absolute atomic E-state index is 0.0841. The van der Waals surface area contributed by atoms with Gasteiger partial charge in [0.05, 0.1) is 11.9 Å². The summed E-state index contributed by atoms with van der Waals surface area (Å²) in [4.78, 5) is 0. The summed E-state index contributed by atoms with van der Waals surface area (Å²) in [6.07, 6.45) is 0.0364. The second-order valence-corrected chi connectivity index (χ2v) is 6.88. The van der Waals surface area contributed by atoms with Crippen molar-refractivity contribution in [1.82, 2.24) is 0 Å². The topological polar surface area (TPSA) is 54.4 Å². The Balaban J connectivity index is 2.55. The fourth-order valence-electron chi connectivity index (χ4n) is 1.68. The Morgan fingerprint density at radius 1 is 1.39 bits per heavy atom. The minimum atomic E-state index is -2.98. The van der Waals surface area contributed by atoms with E-state index < -0.39 is 15.9 Å². The molecular formula is C13H19FO3S. The fraction of sp³-hybridized carbons (Fsp3) is 0.538. The lowest BCUT2D eigenvalue weighted by molar-refractivity contribution is 0.166. The minimum Gasteiger partial charge on any atom is -0.388 e. The molecule has 18 heavy (non-hydrogen) atoms. The summed E-state index contributed by atoms with van der Waals surface area (Å²) in [7, 11) is -2.98. The largest absolute Gasteiger partial charge is 0.388 e. The molecule has 5 heteroatoms. The second kappa shape index (κ2) is 6.29. The molecule has 1 aromatic carbocycles. The Morgan fingerprint density at radius 2 is 2.06 bits per heavy atom. The van der Waals surface area contributed by atoms with E-state index in [2.05, 4.69) is 0 Å². The first-order valence-corrected chi connectivity index (χ1v) is 7.82. The highest BCUT2D eigenvalue weighted by Gasteiger charge is 2.12. The zero-order valence-electron chi connectivity index (χ0n) is 10.7. The molecule has 0 radical (unpaired) electrons. The Morgan fingerprint density at radius 3 is 2.61 bits per heavy atom. The maximum Gasteiger partial charge on any atom is 0.150 e. The highest BCUT2D eigenvalue weighted by molar-refractivity contribution is 7.91. The van der Waals surface area contributed by atoms with E-state index >= 15 is 0 Å². The molecule has 0 amide bonds. The van der Waals surface area contributed by atoms with Gasteiger partial charge in [0.2, 0.25) is 0 Å². The lowest BCUT2D eigenvalue weighted by Gasteiger charge is -2.11. The van der Waals surface area contributed by atoms with Gasteiger partial charge in [-0.1, -0.05) is 19.1 Å². The molecule has 0 aromatic heterocycles. The van der Waals surface area contributed by atoms with Crippen LogP contribution in [0, 0.1) is 12.7 Å². The Hall–Kier alpha value is -0.940. The summed E-state index contributed by atoms with van der Waals surface area (Å²) in [5, 5.41) is 9.89. The molecule has 102 valence electrons. The summed E-state index contributed by atoms with van der Waals surface area (Å²) in [6.45, 7) is 3.24. The van der Waals surface area contributed by atoms with Gasteiger partial charge in [-0.15, -0.1) is 0 Å². The molecule has 1 unspecified atom stereocenters. The van der Waals surface area contributed by atoms with Gasteiger partial charge >= 0.3 is 0 Å². The van der Waals surface area contributed by atoms with Crippen LogP contribution in [0.3, 0.4) is 0 Å². The van der Waals surface area contributed by atoms with Gasteiger partial charge in [0, 0.05) is 5.75 Å². The standard InChI is InChI=1S/C13H19FO3S/c1-3-18(16,17)8-4-5-13(15)11-6-7-12(14)10(2)9-11/h6-7,9,13,15H,3-5,8H2,1-2H3. The molecule has 0 aliphatic rings. The number of halogens is 1. The van der Waals surface area contributed by atoms with Crippen LogP contribution >= 0.6 is 0 Å². The molecule has 0 saturated carbocycles. The maximum absolute atomic E-state index is 13.1. The average Bonchev–Trinajstić information content (AvgIpc) is 2.32. The first kappa shape index (κ1) is 15.1. The van der Waals surface area contributed by atoms with Crippen molar-refractivity contribution < 1.29 is 17.9 Å². The third kappa shape index (κ3) is 4.38. The highest BCUT2D eigenvalue weighted by atomic mass is 32.2. The predicted molar refractivity (Wildman–Crippen MR) is 69.7 cm³/mol. The van der Waals surface area contributed by atoms with Gasteiger partial charge < -0.3 is 5.11 Å². The van der Waals surface area contributed by atoms with Crippen LogP contribution in [-0.2, 0) is 9.84 Å². The lowest BCUT2D eigenvalue weighted by atomic mass is 10.0. The molecule has 0 heterocycles. The van der Waals surface area contributed by atoms with Crippen LogP contribution in [0.15, 0.2) is 18.2 Å². The van der Waals surface area contributed by atoms with E-state index in [0.29, 0.717) is 24.0 Å². The molecule has 0 fully saturated rings. The van der Waals surface area contributed by atoms with Crippen LogP contribution in [0.2, 0.25) is 0 Å². The van der Waals surface area contributed by atoms with Crippen molar-refractivity contribution in [3.8, 4) is 0 Å². The zero-order chi connectivity index (χ0) is 13.8. The SMILES string of the molecule is CCS(=O)(=O)CCCC(O)c1ccc(F)c(C)c1. The number of hydrogen-bond acceptors (Lipinski definition) is 3. The van der Waals surface area contributed by atoms with Crippen molar-refractivity contribution in [3.05, 3.63) is 35.1 Å². The zero-order valence-corrected chi connectivity index (χ0v) is 11.5. The first-order chi connectivity index (χ1) is 8.35. The number of hydrogen-bond donors (Lipinski definition) is 1. The van der Waals surface area contributed by atoms with Crippen molar-refractivity contribution in [2.45, 2.75) is 32.8 Å². The van der Waals surface area contributed by atoms with Gasteiger partial charge in [-0.3, -0.25) is 0 Å². The molecule has 1 atom stereocenters. The van der Waals surface area contributed by atoms with Crippen molar-refractivity contribution >= 4 is 9.84 Å². The second-order valence-electron chi connectivity index (χ2n) is 4.40. The van der Waals surface area contributed by atoms with Gasteiger partial charge in [-0.25, -0.2) is 12.8 Å². The lowest BCUT2D eigenvalue weighted by Crippen LogP contribution is -2.10. The quantitative estimate of drug-likeness (QED) is 0.866. The molecule has 0 saturated heterocycles. The van der Waals surface area contributed by atoms with Gasteiger partial charge in [0.25, 0.3) is 0 Å². The van der Waals surface area contributed by atoms with Crippen LogP contribution in [0.1, 0.15) is 37.0 Å². The van der Waals surface area contributed by atoms with Crippen molar-refractivity contribution in [2.24, 2.45) is 0 Å². The molecule has 0 aliphatic carbocycles. The predicted octanol–water partition coefficient (Wildman–Crippen LogP) is 2.38. The van der Waals surface area contributed by atoms with Crippen LogP contribution < -0.4 is 0 Å². The van der Waals surface area contributed by atoms with E-state index in [4.69, 9.17) is 0 Å². The van der Waals surface area contributed by atoms with Crippen molar-refractivity contribution in [2.75, 3.05) is 11.5 Å². The van der Waals surface area contributed by atoms with E-state index in [1.807, 2.05) is 0 Å². The number of benzene rings is 1. The van der Waals surface area contributed by atoms with Crippen LogP contribution in [0.5, 0.6) is 0 Å². The molecule has 0 aliphatic heterocycles. The van der Waals surface area contributed by atoms with Gasteiger partial charge in [0.15, 0.2) is 0 Å². The van der Waals surface area contributed by atoms with Gasteiger partial charge in [-0.05, 0) is 37.0 Å². The van der Waals surface area contributed by atoms with Crippen LogP contribution in [0.4, 0.5) is 4.39 Å². The number of aliphatic hydroxyl groups is 1. The van der Waals surface area contributed by atoms with Gasteiger partial charge in [0.1, 0.15) is 15.7 Å². The number of sulfone groups is 1. The molecule has 3 nitrogen and oxygen atoms in total. The Labute approximate surface area is 108 Å². The molecule has 1 N–H and O–H groups in total. The van der Waals surface area contributed by atoms with E-state index in [0.717, 1.165) is 0 Å². The van der Waals surface area contributed by atoms with E-state index in [-0.39, 0.29) is 17.3 Å². The summed E-state index contributed by atoms with van der Waals surface area (Å²) < 4.78 is 35.6. The number of rotatable bonds is 6.